The van der Waals surface area contributed by atoms with E-state index in [1.165, 1.54) is 37.2 Å². The first-order chi connectivity index (χ1) is 16.8. The molecule has 0 aliphatic heterocycles. The van der Waals surface area contributed by atoms with Gasteiger partial charge in [0.05, 0.1) is 36.3 Å². The van der Waals surface area contributed by atoms with Crippen molar-refractivity contribution in [1.82, 2.24) is 9.66 Å². The fourth-order valence-electron chi connectivity index (χ4n) is 3.24. The van der Waals surface area contributed by atoms with Gasteiger partial charge in [0.2, 0.25) is 5.75 Å². The Morgan fingerprint density at radius 3 is 2.71 bits per heavy atom. The summed E-state index contributed by atoms with van der Waals surface area (Å²) in [5.41, 5.74) is 0.0359. The molecule has 1 heterocycles. The van der Waals surface area contributed by atoms with Crippen molar-refractivity contribution in [2.24, 2.45) is 5.10 Å². The van der Waals surface area contributed by atoms with Gasteiger partial charge in [0.25, 0.3) is 5.56 Å². The summed E-state index contributed by atoms with van der Waals surface area (Å²) in [5, 5.41) is 16.4. The zero-order valence-electron chi connectivity index (χ0n) is 19.3. The van der Waals surface area contributed by atoms with E-state index >= 15 is 0 Å². The number of halogens is 1. The number of carbonyl (C=O) groups excluding carboxylic acids is 1. The molecule has 3 aromatic rings. The molecule has 2 aromatic carbocycles. The number of esters is 1. The summed E-state index contributed by atoms with van der Waals surface area (Å²) >= 11 is 3.36. The second-order valence-electron chi connectivity index (χ2n) is 7.35. The molecule has 35 heavy (non-hydrogen) atoms. The molecule has 0 bridgehead atoms. The minimum absolute atomic E-state index is 0.0173. The Bertz CT molecular complexity index is 1350. The number of hydrogen-bond donors (Lipinski definition) is 0. The lowest BCUT2D eigenvalue weighted by atomic mass is 10.2. The number of methoxy groups -OCH3 is 2. The third-order valence-corrected chi connectivity index (χ3v) is 5.48. The highest BCUT2D eigenvalue weighted by Gasteiger charge is 2.23. The number of hydrogen-bond acceptors (Lipinski definition) is 9. The van der Waals surface area contributed by atoms with Gasteiger partial charge in [0.15, 0.2) is 12.4 Å². The standard InChI is InChI=1S/C23H23BrN4O7/c1-4-5-6-20-26-17-8-7-15(24)11-16(17)23(30)27(20)25-12-14-9-18(28(31)32)22(19(10-14)33-2)35-13-21(29)34-3/h7-12H,4-6,13H2,1-3H3. The number of nitro groups is 1. The molecule has 0 amide bonds. The largest absolute Gasteiger partial charge is 0.493 e. The van der Waals surface area contributed by atoms with Crippen LogP contribution in [0.5, 0.6) is 11.5 Å². The van der Waals surface area contributed by atoms with Crippen LogP contribution in [0.4, 0.5) is 5.69 Å². The maximum absolute atomic E-state index is 13.2. The van der Waals surface area contributed by atoms with Gasteiger partial charge in [-0.25, -0.2) is 9.78 Å². The average molecular weight is 547 g/mol. The number of ether oxygens (including phenoxy) is 3. The van der Waals surface area contributed by atoms with Crippen LogP contribution in [0.15, 0.2) is 44.7 Å². The molecule has 0 aliphatic rings. The Kier molecular flexibility index (Phi) is 8.53. The van der Waals surface area contributed by atoms with E-state index in [4.69, 9.17) is 9.47 Å². The summed E-state index contributed by atoms with van der Waals surface area (Å²) in [6.07, 6.45) is 3.53. The normalized spacial score (nSPS) is 11.1. The van der Waals surface area contributed by atoms with Gasteiger partial charge in [0, 0.05) is 22.5 Å². The first-order valence-electron chi connectivity index (χ1n) is 10.6. The van der Waals surface area contributed by atoms with E-state index < -0.39 is 23.2 Å². The molecule has 0 saturated heterocycles. The van der Waals surface area contributed by atoms with Crippen LogP contribution in [0, 0.1) is 10.1 Å². The molecule has 0 fully saturated rings. The van der Waals surface area contributed by atoms with E-state index in [9.17, 15) is 19.7 Å². The third-order valence-electron chi connectivity index (χ3n) is 4.99. The minimum atomic E-state index is -0.707. The quantitative estimate of drug-likeness (QED) is 0.162. The monoisotopic (exact) mass is 546 g/mol. The van der Waals surface area contributed by atoms with Crippen LogP contribution in [-0.4, -0.2) is 47.6 Å². The molecule has 0 aliphatic carbocycles. The van der Waals surface area contributed by atoms with E-state index in [0.717, 1.165) is 17.3 Å². The molecule has 0 radical (unpaired) electrons. The number of benzene rings is 2. The maximum Gasteiger partial charge on any atom is 0.343 e. The van der Waals surface area contributed by atoms with E-state index in [1.54, 1.807) is 18.2 Å². The van der Waals surface area contributed by atoms with Crippen LogP contribution >= 0.6 is 15.9 Å². The molecule has 0 N–H and O–H groups in total. The highest BCUT2D eigenvalue weighted by Crippen LogP contribution is 2.38. The van der Waals surface area contributed by atoms with E-state index in [1.807, 2.05) is 6.92 Å². The summed E-state index contributed by atoms with van der Waals surface area (Å²) in [4.78, 5) is 40.2. The van der Waals surface area contributed by atoms with Crippen LogP contribution < -0.4 is 15.0 Å². The van der Waals surface area contributed by atoms with Gasteiger partial charge in [-0.2, -0.15) is 9.78 Å². The van der Waals surface area contributed by atoms with Crippen molar-refractivity contribution in [3.05, 3.63) is 66.7 Å². The highest BCUT2D eigenvalue weighted by molar-refractivity contribution is 9.10. The molecule has 3 rings (SSSR count). The molecular formula is C23H23BrN4O7. The van der Waals surface area contributed by atoms with Crippen LogP contribution in [0.25, 0.3) is 10.9 Å². The summed E-state index contributed by atoms with van der Waals surface area (Å²) < 4.78 is 16.9. The third kappa shape index (κ3) is 6.01. The summed E-state index contributed by atoms with van der Waals surface area (Å²) in [5.74, 6) is -0.439. The average Bonchev–Trinajstić information content (AvgIpc) is 2.85. The predicted octanol–water partition coefficient (Wildman–Crippen LogP) is 3.85. The molecule has 0 saturated carbocycles. The number of unbranched alkanes of at least 4 members (excludes halogenated alkanes) is 1. The topological polar surface area (TPSA) is 135 Å². The molecule has 0 unspecified atom stereocenters. The first kappa shape index (κ1) is 25.8. The van der Waals surface area contributed by atoms with Crippen LogP contribution in [0.3, 0.4) is 0 Å². The molecule has 11 nitrogen and oxygen atoms in total. The van der Waals surface area contributed by atoms with Crippen molar-refractivity contribution in [3.63, 3.8) is 0 Å². The number of aryl methyl sites for hydroxylation is 1. The van der Waals surface area contributed by atoms with Crippen LogP contribution in [-0.2, 0) is 16.0 Å². The lowest BCUT2D eigenvalue weighted by molar-refractivity contribution is -0.385. The van der Waals surface area contributed by atoms with Gasteiger partial charge in [-0.15, -0.1) is 0 Å². The molecule has 0 atom stereocenters. The lowest BCUT2D eigenvalue weighted by Gasteiger charge is -2.11. The summed E-state index contributed by atoms with van der Waals surface area (Å²) in [6, 6.07) is 7.89. The fraction of sp³-hybridized carbons (Fsp3) is 0.304. The Balaban J connectivity index is 2.09. The van der Waals surface area contributed by atoms with Crippen molar-refractivity contribution in [3.8, 4) is 11.5 Å². The Morgan fingerprint density at radius 1 is 1.29 bits per heavy atom. The van der Waals surface area contributed by atoms with Gasteiger partial charge in [-0.3, -0.25) is 14.9 Å². The second kappa shape index (κ2) is 11.6. The Hall–Kier alpha value is -3.80. The van der Waals surface area contributed by atoms with Gasteiger partial charge < -0.3 is 14.2 Å². The fourth-order valence-corrected chi connectivity index (χ4v) is 3.60. The van der Waals surface area contributed by atoms with E-state index in [-0.39, 0.29) is 22.6 Å². The first-order valence-corrected chi connectivity index (χ1v) is 11.4. The number of carbonyl (C=O) groups is 1. The molecule has 1 aromatic heterocycles. The molecule has 184 valence electrons. The Labute approximate surface area is 208 Å². The molecular weight excluding hydrogens is 524 g/mol. The minimum Gasteiger partial charge on any atom is -0.493 e. The molecule has 0 spiro atoms. The summed E-state index contributed by atoms with van der Waals surface area (Å²) in [7, 11) is 2.48. The van der Waals surface area contributed by atoms with Gasteiger partial charge >= 0.3 is 11.7 Å². The predicted molar refractivity (Wildman–Crippen MR) is 132 cm³/mol. The number of nitro benzene ring substituents is 1. The number of rotatable bonds is 10. The number of nitrogens with zero attached hydrogens (tertiary/aromatic N) is 4. The van der Waals surface area contributed by atoms with Crippen LogP contribution in [0.1, 0.15) is 31.2 Å². The maximum atomic E-state index is 13.2. The van der Waals surface area contributed by atoms with E-state index in [2.05, 4.69) is 30.8 Å². The van der Waals surface area contributed by atoms with Crippen molar-refractivity contribution < 1.29 is 23.9 Å². The number of aromatic nitrogens is 2. The SMILES string of the molecule is CCCCc1nc2ccc(Br)cc2c(=O)n1N=Cc1cc(OC)c(OCC(=O)OC)c([N+](=O)[O-])c1. The molecule has 12 heteroatoms. The van der Waals surface area contributed by atoms with Crippen molar-refractivity contribution >= 4 is 44.7 Å². The highest BCUT2D eigenvalue weighted by atomic mass is 79.9. The van der Waals surface area contributed by atoms with Crippen molar-refractivity contribution in [2.75, 3.05) is 20.8 Å². The van der Waals surface area contributed by atoms with Crippen LogP contribution in [0.2, 0.25) is 0 Å². The lowest BCUT2D eigenvalue weighted by Crippen LogP contribution is -2.22. The van der Waals surface area contributed by atoms with Crippen molar-refractivity contribution in [2.45, 2.75) is 26.2 Å². The van der Waals surface area contributed by atoms with Crippen molar-refractivity contribution in [1.29, 1.82) is 0 Å². The van der Waals surface area contributed by atoms with Gasteiger partial charge in [-0.05, 0) is 30.7 Å². The Morgan fingerprint density at radius 2 is 2.06 bits per heavy atom. The summed E-state index contributed by atoms with van der Waals surface area (Å²) in [6.45, 7) is 1.49. The second-order valence-corrected chi connectivity index (χ2v) is 8.26. The van der Waals surface area contributed by atoms with E-state index in [0.29, 0.717) is 23.1 Å². The number of fused-ring (bicyclic) bond motifs is 1. The van der Waals surface area contributed by atoms with Gasteiger partial charge in [-0.1, -0.05) is 29.3 Å². The zero-order chi connectivity index (χ0) is 25.5. The van der Waals surface area contributed by atoms with Gasteiger partial charge in [0.1, 0.15) is 5.82 Å². The smallest absolute Gasteiger partial charge is 0.343 e. The zero-order valence-corrected chi connectivity index (χ0v) is 20.9.